The number of primary amides is 1. The number of hydrogen-bond acceptors (Lipinski definition) is 4. The molecule has 1 aliphatic heterocycles. The van der Waals surface area contributed by atoms with Gasteiger partial charge in [-0.05, 0) is 28.8 Å². The van der Waals surface area contributed by atoms with Crippen molar-refractivity contribution in [3.05, 3.63) is 15.0 Å². The molecule has 0 spiro atoms. The lowest BCUT2D eigenvalue weighted by Crippen LogP contribution is -2.39. The van der Waals surface area contributed by atoms with Crippen LogP contribution in [0.3, 0.4) is 0 Å². The number of carbonyl (C=O) groups excluding carboxylic acids is 1. The highest BCUT2D eigenvalue weighted by Crippen LogP contribution is 2.26. The molecule has 0 radical (unpaired) electrons. The molecule has 1 saturated heterocycles. The fourth-order valence-corrected chi connectivity index (χ4v) is 3.27. The quantitative estimate of drug-likeness (QED) is 0.925. The highest BCUT2D eigenvalue weighted by atomic mass is 79.9. The Bertz CT molecular complexity index is 383. The first-order chi connectivity index (χ1) is 7.66. The van der Waals surface area contributed by atoms with Gasteiger partial charge in [-0.1, -0.05) is 0 Å². The standard InChI is InChI=1S/C10H13BrN2O2S/c11-8-5-13-9(16-8)4-7-6(10(12)14)2-1-3-15-7/h5-7H,1-4H2,(H2,12,14). The first-order valence-electron chi connectivity index (χ1n) is 5.18. The minimum atomic E-state index is -0.264. The lowest BCUT2D eigenvalue weighted by atomic mass is 9.92. The molecule has 16 heavy (non-hydrogen) atoms. The Morgan fingerprint density at radius 2 is 2.56 bits per heavy atom. The maximum Gasteiger partial charge on any atom is 0.223 e. The molecule has 0 aliphatic carbocycles. The Hall–Kier alpha value is -0.460. The molecule has 6 heteroatoms. The van der Waals surface area contributed by atoms with E-state index in [1.54, 1.807) is 17.5 Å². The number of hydrogen-bond donors (Lipinski definition) is 1. The van der Waals surface area contributed by atoms with Gasteiger partial charge in [-0.3, -0.25) is 4.79 Å². The Kier molecular flexibility index (Phi) is 3.94. The monoisotopic (exact) mass is 304 g/mol. The fraction of sp³-hybridized carbons (Fsp3) is 0.600. The van der Waals surface area contributed by atoms with Crippen LogP contribution < -0.4 is 5.73 Å². The molecule has 2 unspecified atom stereocenters. The van der Waals surface area contributed by atoms with E-state index in [1.807, 2.05) is 0 Å². The van der Waals surface area contributed by atoms with Crippen LogP contribution in [-0.2, 0) is 16.0 Å². The Balaban J connectivity index is 2.03. The number of ether oxygens (including phenoxy) is 1. The van der Waals surface area contributed by atoms with Gasteiger partial charge in [-0.25, -0.2) is 4.98 Å². The van der Waals surface area contributed by atoms with Gasteiger partial charge in [0.2, 0.25) is 5.91 Å². The first kappa shape index (κ1) is 12.0. The molecule has 1 aromatic heterocycles. The van der Waals surface area contributed by atoms with Crippen LogP contribution in [0.4, 0.5) is 0 Å². The van der Waals surface area contributed by atoms with E-state index in [2.05, 4.69) is 20.9 Å². The van der Waals surface area contributed by atoms with E-state index < -0.39 is 0 Å². The van der Waals surface area contributed by atoms with E-state index in [0.29, 0.717) is 13.0 Å². The molecule has 2 N–H and O–H groups in total. The van der Waals surface area contributed by atoms with E-state index in [-0.39, 0.29) is 17.9 Å². The van der Waals surface area contributed by atoms with Crippen molar-refractivity contribution in [1.29, 1.82) is 0 Å². The van der Waals surface area contributed by atoms with E-state index in [0.717, 1.165) is 21.6 Å². The van der Waals surface area contributed by atoms with Crippen LogP contribution >= 0.6 is 27.3 Å². The number of nitrogens with zero attached hydrogens (tertiary/aromatic N) is 1. The van der Waals surface area contributed by atoms with Crippen molar-refractivity contribution in [3.8, 4) is 0 Å². The van der Waals surface area contributed by atoms with Crippen LogP contribution in [0.2, 0.25) is 0 Å². The first-order valence-corrected chi connectivity index (χ1v) is 6.79. The smallest absolute Gasteiger partial charge is 0.223 e. The van der Waals surface area contributed by atoms with Crippen molar-refractivity contribution in [2.75, 3.05) is 6.61 Å². The molecule has 4 nitrogen and oxygen atoms in total. The van der Waals surface area contributed by atoms with Gasteiger partial charge in [-0.2, -0.15) is 0 Å². The van der Waals surface area contributed by atoms with Crippen molar-refractivity contribution in [2.24, 2.45) is 11.7 Å². The zero-order valence-electron chi connectivity index (χ0n) is 8.69. The largest absolute Gasteiger partial charge is 0.377 e. The van der Waals surface area contributed by atoms with Crippen molar-refractivity contribution >= 4 is 33.2 Å². The summed E-state index contributed by atoms with van der Waals surface area (Å²) in [5, 5.41) is 0.977. The summed E-state index contributed by atoms with van der Waals surface area (Å²) in [5.74, 6) is -0.434. The molecule has 0 aromatic carbocycles. The van der Waals surface area contributed by atoms with Gasteiger partial charge >= 0.3 is 0 Å². The Morgan fingerprint density at radius 3 is 3.19 bits per heavy atom. The Morgan fingerprint density at radius 1 is 1.75 bits per heavy atom. The lowest BCUT2D eigenvalue weighted by molar-refractivity contribution is -0.130. The topological polar surface area (TPSA) is 65.2 Å². The summed E-state index contributed by atoms with van der Waals surface area (Å²) in [4.78, 5) is 15.5. The molecule has 2 rings (SSSR count). The molecular formula is C10H13BrN2O2S. The third-order valence-corrected chi connectivity index (χ3v) is 4.21. The zero-order valence-corrected chi connectivity index (χ0v) is 11.1. The third-order valence-electron chi connectivity index (χ3n) is 2.71. The van der Waals surface area contributed by atoms with E-state index in [1.165, 1.54) is 0 Å². The summed E-state index contributed by atoms with van der Waals surface area (Å²) < 4.78 is 6.61. The Labute approximate surface area is 106 Å². The highest BCUT2D eigenvalue weighted by molar-refractivity contribution is 9.11. The normalized spacial score (nSPS) is 25.6. The SMILES string of the molecule is NC(=O)C1CCCOC1Cc1ncc(Br)s1. The fourth-order valence-electron chi connectivity index (χ4n) is 1.92. The highest BCUT2D eigenvalue weighted by Gasteiger charge is 2.31. The van der Waals surface area contributed by atoms with E-state index >= 15 is 0 Å². The van der Waals surface area contributed by atoms with E-state index in [4.69, 9.17) is 10.5 Å². The molecule has 2 heterocycles. The predicted octanol–water partition coefficient (Wildman–Crippen LogP) is 1.73. The molecular weight excluding hydrogens is 292 g/mol. The van der Waals surface area contributed by atoms with Gasteiger partial charge in [0.05, 0.1) is 27.0 Å². The average molecular weight is 305 g/mol. The summed E-state index contributed by atoms with van der Waals surface area (Å²) in [6, 6.07) is 0. The van der Waals surface area contributed by atoms with Crippen molar-refractivity contribution in [3.63, 3.8) is 0 Å². The van der Waals surface area contributed by atoms with E-state index in [9.17, 15) is 4.79 Å². The van der Waals surface area contributed by atoms with Crippen molar-refractivity contribution in [1.82, 2.24) is 4.98 Å². The number of amides is 1. The van der Waals surface area contributed by atoms with Gasteiger partial charge < -0.3 is 10.5 Å². The van der Waals surface area contributed by atoms with Crippen molar-refractivity contribution < 1.29 is 9.53 Å². The van der Waals surface area contributed by atoms with Crippen LogP contribution in [0.15, 0.2) is 9.98 Å². The number of rotatable bonds is 3. The molecule has 2 atom stereocenters. The number of halogens is 1. The second-order valence-electron chi connectivity index (χ2n) is 3.82. The molecule has 0 bridgehead atoms. The van der Waals surface area contributed by atoms with Crippen LogP contribution in [0.25, 0.3) is 0 Å². The molecule has 0 saturated carbocycles. The zero-order chi connectivity index (χ0) is 11.5. The minimum absolute atomic E-state index is 0.107. The van der Waals surface area contributed by atoms with Crippen molar-refractivity contribution in [2.45, 2.75) is 25.4 Å². The van der Waals surface area contributed by atoms with Gasteiger partial charge in [0.15, 0.2) is 0 Å². The molecule has 1 fully saturated rings. The summed E-state index contributed by atoms with van der Waals surface area (Å²) in [7, 11) is 0. The molecule has 88 valence electrons. The van der Waals surface area contributed by atoms with Crippen LogP contribution in [0.5, 0.6) is 0 Å². The number of carbonyl (C=O) groups is 1. The number of thiazole rings is 1. The maximum atomic E-state index is 11.3. The minimum Gasteiger partial charge on any atom is -0.377 e. The number of nitrogens with two attached hydrogens (primary N) is 1. The third kappa shape index (κ3) is 2.81. The van der Waals surface area contributed by atoms with Gasteiger partial charge in [0.1, 0.15) is 0 Å². The van der Waals surface area contributed by atoms with Crippen LogP contribution in [0, 0.1) is 5.92 Å². The predicted molar refractivity (Wildman–Crippen MR) is 65.2 cm³/mol. The average Bonchev–Trinajstić information content (AvgIpc) is 2.64. The summed E-state index contributed by atoms with van der Waals surface area (Å²) in [5.41, 5.74) is 5.37. The molecule has 1 aliphatic rings. The number of aromatic nitrogens is 1. The second-order valence-corrected chi connectivity index (χ2v) is 6.32. The molecule has 1 amide bonds. The summed E-state index contributed by atoms with van der Waals surface area (Å²) in [6.45, 7) is 0.709. The van der Waals surface area contributed by atoms with Gasteiger partial charge in [-0.15, -0.1) is 11.3 Å². The maximum absolute atomic E-state index is 11.3. The summed E-state index contributed by atoms with van der Waals surface area (Å²) >= 11 is 4.93. The molecule has 1 aromatic rings. The van der Waals surface area contributed by atoms with Crippen LogP contribution in [0.1, 0.15) is 17.8 Å². The lowest BCUT2D eigenvalue weighted by Gasteiger charge is -2.28. The second kappa shape index (κ2) is 5.25. The van der Waals surface area contributed by atoms with Crippen LogP contribution in [-0.4, -0.2) is 23.6 Å². The van der Waals surface area contributed by atoms with Gasteiger partial charge in [0, 0.05) is 13.0 Å². The summed E-state index contributed by atoms with van der Waals surface area (Å²) in [6.07, 6.45) is 4.06. The van der Waals surface area contributed by atoms with Gasteiger partial charge in [0.25, 0.3) is 0 Å².